The van der Waals surface area contributed by atoms with Crippen LogP contribution in [0.25, 0.3) is 0 Å². The smallest absolute Gasteiger partial charge is 0.305 e. The van der Waals surface area contributed by atoms with Gasteiger partial charge in [0.25, 0.3) is 0 Å². The van der Waals surface area contributed by atoms with Gasteiger partial charge in [0.2, 0.25) is 5.91 Å². The first kappa shape index (κ1) is 86.6. The van der Waals surface area contributed by atoms with Gasteiger partial charge in [-0.2, -0.15) is 0 Å². The van der Waals surface area contributed by atoms with Crippen LogP contribution < -0.4 is 5.32 Å². The van der Waals surface area contributed by atoms with Crippen molar-refractivity contribution in [2.24, 2.45) is 0 Å². The summed E-state index contributed by atoms with van der Waals surface area (Å²) in [5.41, 5.74) is 0. The lowest BCUT2D eigenvalue weighted by atomic mass is 10.0. The zero-order valence-corrected chi connectivity index (χ0v) is 60.3. The maximum atomic E-state index is 12.6. The summed E-state index contributed by atoms with van der Waals surface area (Å²) >= 11 is 0. The number of amides is 1. The molecule has 3 N–H and O–H groups in total. The van der Waals surface area contributed by atoms with Gasteiger partial charge in [-0.15, -0.1) is 0 Å². The van der Waals surface area contributed by atoms with E-state index in [1.165, 1.54) is 411 Å². The number of unbranched alkanes of at least 4 members (excludes halogenated alkanes) is 67. The van der Waals surface area contributed by atoms with Crippen LogP contribution in [0.3, 0.4) is 0 Å². The van der Waals surface area contributed by atoms with Crippen LogP contribution >= 0.6 is 0 Å². The van der Waals surface area contributed by atoms with Crippen molar-refractivity contribution >= 4 is 11.9 Å². The van der Waals surface area contributed by atoms with E-state index in [0.29, 0.717) is 19.4 Å². The summed E-state index contributed by atoms with van der Waals surface area (Å²) in [6.07, 6.45) is 99.2. The molecule has 524 valence electrons. The standard InChI is InChI=1S/C82H161NO5/c1-3-5-7-9-11-13-15-17-19-20-21-22-23-31-34-37-40-43-47-50-54-58-62-66-70-74-80(85)79(78-84)83-81(86)75-71-67-63-59-55-51-48-44-41-38-35-32-29-27-25-24-26-28-30-33-36-39-42-45-49-53-57-61-65-69-73-77-88-82(87)76-72-68-64-60-56-52-46-18-16-14-12-10-8-6-4-2/h70,74,79-80,84-85H,3-69,71-73,75-78H2,1-2H3,(H,83,86)/b74-70+. The average Bonchev–Trinajstić information content (AvgIpc) is 3.58. The molecular weight excluding hydrogens is 1080 g/mol. The molecule has 0 rings (SSSR count). The molecule has 0 radical (unpaired) electrons. The van der Waals surface area contributed by atoms with E-state index in [4.69, 9.17) is 4.74 Å². The average molecular weight is 1240 g/mol. The van der Waals surface area contributed by atoms with Crippen LogP contribution in [-0.4, -0.2) is 47.4 Å². The number of nitrogens with one attached hydrogen (secondary N) is 1. The molecule has 0 aliphatic rings. The highest BCUT2D eigenvalue weighted by Gasteiger charge is 2.18. The second-order valence-corrected chi connectivity index (χ2v) is 28.5. The molecule has 1 amide bonds. The first-order valence-electron chi connectivity index (χ1n) is 41.0. The molecule has 2 atom stereocenters. The van der Waals surface area contributed by atoms with Gasteiger partial charge in [0, 0.05) is 12.8 Å². The van der Waals surface area contributed by atoms with E-state index < -0.39 is 12.1 Å². The van der Waals surface area contributed by atoms with Gasteiger partial charge in [0.15, 0.2) is 0 Å². The number of rotatable bonds is 78. The van der Waals surface area contributed by atoms with E-state index in [-0.39, 0.29) is 18.5 Å². The van der Waals surface area contributed by atoms with Crippen molar-refractivity contribution < 1.29 is 24.5 Å². The number of hydrogen-bond donors (Lipinski definition) is 3. The van der Waals surface area contributed by atoms with Gasteiger partial charge >= 0.3 is 5.97 Å². The number of aliphatic hydroxyl groups is 2. The Balaban J connectivity index is 3.35. The molecule has 6 nitrogen and oxygen atoms in total. The SMILES string of the molecule is CCCCCCCCCCCCCCCCCCCCCCCCC/C=C/C(O)C(CO)NC(=O)CCCCCCCCCCCCCCCCCCCCCCCCCCCCCCCCCOC(=O)CCCCCCCCCCCCCCCCC. The quantitative estimate of drug-likeness (QED) is 0.0320. The number of allylic oxidation sites excluding steroid dienone is 1. The Bertz CT molecular complexity index is 1340. The summed E-state index contributed by atoms with van der Waals surface area (Å²) in [7, 11) is 0. The summed E-state index contributed by atoms with van der Waals surface area (Å²) in [4.78, 5) is 24.7. The van der Waals surface area contributed by atoms with Crippen LogP contribution in [0, 0.1) is 0 Å². The summed E-state index contributed by atoms with van der Waals surface area (Å²) in [5.74, 6) is -0.0330. The molecule has 0 aliphatic carbocycles. The Morgan fingerprint density at radius 1 is 0.307 bits per heavy atom. The minimum atomic E-state index is -0.843. The Morgan fingerprint density at radius 2 is 0.523 bits per heavy atom. The van der Waals surface area contributed by atoms with E-state index >= 15 is 0 Å². The van der Waals surface area contributed by atoms with E-state index in [1.807, 2.05) is 6.08 Å². The lowest BCUT2D eigenvalue weighted by Gasteiger charge is -2.20. The fourth-order valence-corrected chi connectivity index (χ4v) is 13.3. The largest absolute Gasteiger partial charge is 0.466 e. The van der Waals surface area contributed by atoms with Crippen LogP contribution in [0.5, 0.6) is 0 Å². The predicted molar refractivity (Wildman–Crippen MR) is 389 cm³/mol. The third-order valence-electron chi connectivity index (χ3n) is 19.6. The van der Waals surface area contributed by atoms with Gasteiger partial charge in [-0.25, -0.2) is 0 Å². The van der Waals surface area contributed by atoms with Crippen molar-refractivity contribution in [3.8, 4) is 0 Å². The molecular formula is C82H161NO5. The van der Waals surface area contributed by atoms with Gasteiger partial charge < -0.3 is 20.3 Å². The summed E-state index contributed by atoms with van der Waals surface area (Å²) < 4.78 is 5.51. The molecule has 0 saturated carbocycles. The van der Waals surface area contributed by atoms with Gasteiger partial charge in [-0.3, -0.25) is 9.59 Å². The maximum absolute atomic E-state index is 12.6. The van der Waals surface area contributed by atoms with Gasteiger partial charge in [-0.05, 0) is 32.1 Å². The molecule has 6 heteroatoms. The van der Waals surface area contributed by atoms with E-state index in [2.05, 4.69) is 19.2 Å². The first-order chi connectivity index (χ1) is 43.5. The number of esters is 1. The highest BCUT2D eigenvalue weighted by atomic mass is 16.5. The van der Waals surface area contributed by atoms with Crippen molar-refractivity contribution in [3.05, 3.63) is 12.2 Å². The fraction of sp³-hybridized carbons (Fsp3) is 0.951. The van der Waals surface area contributed by atoms with E-state index in [1.54, 1.807) is 6.08 Å². The minimum Gasteiger partial charge on any atom is -0.466 e. The molecule has 0 aromatic carbocycles. The maximum Gasteiger partial charge on any atom is 0.305 e. The zero-order chi connectivity index (χ0) is 63.5. The third kappa shape index (κ3) is 73.6. The topological polar surface area (TPSA) is 95.9 Å². The Labute approximate surface area is 552 Å². The van der Waals surface area contributed by atoms with Crippen molar-refractivity contribution in [2.75, 3.05) is 13.2 Å². The van der Waals surface area contributed by atoms with Crippen LogP contribution in [0.15, 0.2) is 12.2 Å². The molecule has 0 fully saturated rings. The van der Waals surface area contributed by atoms with E-state index in [0.717, 1.165) is 38.5 Å². The summed E-state index contributed by atoms with van der Waals surface area (Å²) in [6.45, 7) is 4.97. The minimum absolute atomic E-state index is 0.0247. The highest BCUT2D eigenvalue weighted by Crippen LogP contribution is 2.21. The zero-order valence-electron chi connectivity index (χ0n) is 60.3. The molecule has 88 heavy (non-hydrogen) atoms. The van der Waals surface area contributed by atoms with Crippen molar-refractivity contribution in [2.45, 2.75) is 488 Å². The number of ether oxygens (including phenoxy) is 1. The third-order valence-corrected chi connectivity index (χ3v) is 19.6. The summed E-state index contributed by atoms with van der Waals surface area (Å²) in [6, 6.07) is -0.626. The Kier molecular flexibility index (Phi) is 76.8. The molecule has 0 aromatic rings. The van der Waals surface area contributed by atoms with Crippen molar-refractivity contribution in [1.29, 1.82) is 0 Å². The number of carbonyl (C=O) groups is 2. The molecule has 0 saturated heterocycles. The lowest BCUT2D eigenvalue weighted by molar-refractivity contribution is -0.143. The Morgan fingerprint density at radius 3 is 0.773 bits per heavy atom. The molecule has 0 aromatic heterocycles. The second kappa shape index (κ2) is 78.0. The number of hydrogen-bond acceptors (Lipinski definition) is 5. The molecule has 0 spiro atoms. The number of carbonyl (C=O) groups excluding carboxylic acids is 2. The number of aliphatic hydroxyl groups excluding tert-OH is 2. The van der Waals surface area contributed by atoms with Crippen LogP contribution in [-0.2, 0) is 14.3 Å². The Hall–Kier alpha value is -1.40. The molecule has 0 bridgehead atoms. The predicted octanol–water partition coefficient (Wildman–Crippen LogP) is 27.1. The second-order valence-electron chi connectivity index (χ2n) is 28.5. The van der Waals surface area contributed by atoms with Crippen molar-refractivity contribution in [3.63, 3.8) is 0 Å². The van der Waals surface area contributed by atoms with Crippen LogP contribution in [0.4, 0.5) is 0 Å². The summed E-state index contributed by atoms with van der Waals surface area (Å²) in [5, 5.41) is 23.3. The molecule has 0 aliphatic heterocycles. The fourth-order valence-electron chi connectivity index (χ4n) is 13.3. The normalized spacial score (nSPS) is 12.5. The monoisotopic (exact) mass is 1240 g/mol. The van der Waals surface area contributed by atoms with Gasteiger partial charge in [-0.1, -0.05) is 443 Å². The van der Waals surface area contributed by atoms with Gasteiger partial charge in [0.05, 0.1) is 25.4 Å². The lowest BCUT2D eigenvalue weighted by Crippen LogP contribution is -2.45. The van der Waals surface area contributed by atoms with Gasteiger partial charge in [0.1, 0.15) is 0 Å². The first-order valence-corrected chi connectivity index (χ1v) is 41.0. The van der Waals surface area contributed by atoms with Crippen molar-refractivity contribution in [1.82, 2.24) is 5.32 Å². The van der Waals surface area contributed by atoms with E-state index in [9.17, 15) is 19.8 Å². The molecule has 2 unspecified atom stereocenters. The van der Waals surface area contributed by atoms with Crippen LogP contribution in [0.2, 0.25) is 0 Å². The van der Waals surface area contributed by atoms with Crippen LogP contribution in [0.1, 0.15) is 476 Å². The highest BCUT2D eigenvalue weighted by molar-refractivity contribution is 5.76. The molecule has 0 heterocycles.